The molecule has 0 radical (unpaired) electrons. The Hall–Kier alpha value is -0.570. The molecule has 4 aliphatic rings. The van der Waals surface area contributed by atoms with Gasteiger partial charge in [0.2, 0.25) is 0 Å². The first-order valence-electron chi connectivity index (χ1n) is 12.1. The van der Waals surface area contributed by atoms with Crippen LogP contribution in [0.1, 0.15) is 91.9 Å². The van der Waals surface area contributed by atoms with E-state index >= 15 is 0 Å². The molecule has 0 aliphatic heterocycles. The second-order valence-corrected chi connectivity index (χ2v) is 11.7. The van der Waals surface area contributed by atoms with E-state index in [1.165, 1.54) is 44.9 Å². The Morgan fingerprint density at radius 2 is 1.82 bits per heavy atom. The molecule has 0 aromatic heterocycles. The van der Waals surface area contributed by atoms with Crippen LogP contribution in [-0.2, 0) is 4.79 Å². The molecule has 28 heavy (non-hydrogen) atoms. The number of carbonyl (C=O) groups is 1. The van der Waals surface area contributed by atoms with E-state index in [9.17, 15) is 9.90 Å². The van der Waals surface area contributed by atoms with Gasteiger partial charge in [-0.2, -0.15) is 0 Å². The van der Waals surface area contributed by atoms with Crippen LogP contribution in [0.2, 0.25) is 0 Å². The van der Waals surface area contributed by atoms with Gasteiger partial charge in [0.05, 0.1) is 6.10 Å². The van der Waals surface area contributed by atoms with Crippen LogP contribution in [-0.4, -0.2) is 22.3 Å². The van der Waals surface area contributed by atoms with Crippen LogP contribution in [0.15, 0.2) is 0 Å². The van der Waals surface area contributed by atoms with Gasteiger partial charge in [-0.05, 0) is 104 Å². The zero-order chi connectivity index (χ0) is 20.3. The van der Waals surface area contributed by atoms with Crippen molar-refractivity contribution in [2.75, 3.05) is 0 Å². The van der Waals surface area contributed by atoms with Crippen LogP contribution >= 0.6 is 0 Å². The molecule has 0 amide bonds. The number of hydrogen-bond acceptors (Lipinski definition) is 2. The van der Waals surface area contributed by atoms with Gasteiger partial charge in [-0.25, -0.2) is 0 Å². The second-order valence-electron chi connectivity index (χ2n) is 11.7. The number of aliphatic carboxylic acids is 1. The van der Waals surface area contributed by atoms with E-state index in [4.69, 9.17) is 5.11 Å². The van der Waals surface area contributed by atoms with Gasteiger partial charge in [0.1, 0.15) is 0 Å². The van der Waals surface area contributed by atoms with Gasteiger partial charge in [0.25, 0.3) is 0 Å². The average molecular weight is 391 g/mol. The predicted molar refractivity (Wildman–Crippen MR) is 112 cm³/mol. The van der Waals surface area contributed by atoms with Crippen molar-refractivity contribution in [3.63, 3.8) is 0 Å². The molecule has 4 fully saturated rings. The summed E-state index contributed by atoms with van der Waals surface area (Å²) in [4.78, 5) is 11.1. The molecule has 0 aromatic rings. The van der Waals surface area contributed by atoms with E-state index < -0.39 is 5.97 Å². The molecule has 10 atom stereocenters. The van der Waals surface area contributed by atoms with Crippen molar-refractivity contribution in [1.82, 2.24) is 0 Å². The maximum atomic E-state index is 11.5. The van der Waals surface area contributed by atoms with Crippen molar-refractivity contribution in [1.29, 1.82) is 0 Å². The number of hydrogen-bond donors (Lipinski definition) is 2. The van der Waals surface area contributed by atoms with Crippen molar-refractivity contribution >= 4 is 5.97 Å². The lowest BCUT2D eigenvalue weighted by atomic mass is 9.43. The second kappa shape index (κ2) is 7.29. The SMILES string of the molecule is C[C@@H]1CC[C@]2(C)C3C[C@H](O)[C@@]4(C)C(CC[C@@H]4[C@H](C)CCC(=O)O)C3CC[C@@H]2C1. The van der Waals surface area contributed by atoms with Crippen LogP contribution in [0.25, 0.3) is 0 Å². The van der Waals surface area contributed by atoms with E-state index in [1.807, 2.05) is 0 Å². The highest BCUT2D eigenvalue weighted by molar-refractivity contribution is 5.66. The van der Waals surface area contributed by atoms with Gasteiger partial charge in [-0.1, -0.05) is 34.1 Å². The van der Waals surface area contributed by atoms with Crippen LogP contribution in [0, 0.1) is 52.3 Å². The molecule has 3 nitrogen and oxygen atoms in total. The Balaban J connectivity index is 1.56. The third kappa shape index (κ3) is 3.06. The molecule has 0 saturated heterocycles. The first-order valence-corrected chi connectivity index (χ1v) is 12.1. The monoisotopic (exact) mass is 390 g/mol. The van der Waals surface area contributed by atoms with E-state index in [0.717, 1.165) is 30.6 Å². The molecular weight excluding hydrogens is 348 g/mol. The largest absolute Gasteiger partial charge is 0.481 e. The zero-order valence-corrected chi connectivity index (χ0v) is 18.5. The molecule has 0 bridgehead atoms. The number of carboxylic acids is 1. The Labute approximate surface area is 171 Å². The summed E-state index contributed by atoms with van der Waals surface area (Å²) in [6.07, 6.45) is 11.1. The normalized spacial score (nSPS) is 51.7. The molecule has 0 heterocycles. The first kappa shape index (κ1) is 20.7. The minimum absolute atomic E-state index is 0.00968. The maximum Gasteiger partial charge on any atom is 0.303 e. The highest BCUT2D eigenvalue weighted by Crippen LogP contribution is 2.68. The molecule has 4 aliphatic carbocycles. The molecule has 0 aromatic carbocycles. The predicted octanol–water partition coefficient (Wildman–Crippen LogP) is 5.75. The molecule has 4 rings (SSSR count). The number of aliphatic hydroxyl groups excluding tert-OH is 1. The number of fused-ring (bicyclic) bond motifs is 5. The Kier molecular flexibility index (Phi) is 5.39. The Morgan fingerprint density at radius 1 is 1.07 bits per heavy atom. The quantitative estimate of drug-likeness (QED) is 0.642. The summed E-state index contributed by atoms with van der Waals surface area (Å²) in [5, 5.41) is 20.6. The summed E-state index contributed by atoms with van der Waals surface area (Å²) in [6, 6.07) is 0. The van der Waals surface area contributed by atoms with Gasteiger partial charge in [0, 0.05) is 6.42 Å². The number of aliphatic hydroxyl groups is 1. The van der Waals surface area contributed by atoms with E-state index in [0.29, 0.717) is 29.1 Å². The van der Waals surface area contributed by atoms with Crippen molar-refractivity contribution in [2.24, 2.45) is 52.3 Å². The number of carboxylic acid groups (broad SMARTS) is 1. The van der Waals surface area contributed by atoms with Crippen LogP contribution in [0.5, 0.6) is 0 Å². The van der Waals surface area contributed by atoms with Crippen LogP contribution in [0.4, 0.5) is 0 Å². The summed E-state index contributed by atoms with van der Waals surface area (Å²) in [7, 11) is 0. The summed E-state index contributed by atoms with van der Waals surface area (Å²) < 4.78 is 0. The van der Waals surface area contributed by atoms with Gasteiger partial charge < -0.3 is 10.2 Å². The minimum atomic E-state index is -0.686. The van der Waals surface area contributed by atoms with Crippen molar-refractivity contribution in [3.05, 3.63) is 0 Å². The molecular formula is C25H42O3. The summed E-state index contributed by atoms with van der Waals surface area (Å²) in [6.45, 7) is 9.60. The van der Waals surface area contributed by atoms with E-state index in [-0.39, 0.29) is 17.9 Å². The highest BCUT2D eigenvalue weighted by Gasteiger charge is 2.63. The summed E-state index contributed by atoms with van der Waals surface area (Å²) >= 11 is 0. The molecule has 0 spiro atoms. The van der Waals surface area contributed by atoms with Crippen molar-refractivity contribution < 1.29 is 15.0 Å². The fourth-order valence-electron chi connectivity index (χ4n) is 8.95. The van der Waals surface area contributed by atoms with Crippen LogP contribution in [0.3, 0.4) is 0 Å². The van der Waals surface area contributed by atoms with Gasteiger partial charge in [-0.15, -0.1) is 0 Å². The average Bonchev–Trinajstić information content (AvgIpc) is 3.00. The molecule has 160 valence electrons. The van der Waals surface area contributed by atoms with Gasteiger partial charge >= 0.3 is 5.97 Å². The minimum Gasteiger partial charge on any atom is -0.481 e. The fourth-order valence-corrected chi connectivity index (χ4v) is 8.95. The van der Waals surface area contributed by atoms with Gasteiger partial charge in [0.15, 0.2) is 0 Å². The standard InChI is InChI=1S/C25H42O3/c1-15-11-12-24(3)17(13-15)6-7-18-20-9-8-19(16(2)5-10-23(27)28)25(20,4)22(26)14-21(18)24/h15-22,26H,5-14H2,1-4H3,(H,27,28)/t15-,16-,17-,18?,19-,20?,21?,22+,24+,25-/m1/s1. The Bertz CT molecular complexity index is 603. The third-order valence-corrected chi connectivity index (χ3v) is 10.6. The van der Waals surface area contributed by atoms with Crippen LogP contribution < -0.4 is 0 Å². The lowest BCUT2D eigenvalue weighted by Gasteiger charge is -2.62. The highest BCUT2D eigenvalue weighted by atomic mass is 16.4. The molecule has 3 unspecified atom stereocenters. The molecule has 3 heteroatoms. The van der Waals surface area contributed by atoms with Crippen molar-refractivity contribution in [3.8, 4) is 0 Å². The topological polar surface area (TPSA) is 57.5 Å². The van der Waals surface area contributed by atoms with E-state index in [2.05, 4.69) is 27.7 Å². The maximum absolute atomic E-state index is 11.5. The first-order chi connectivity index (χ1) is 13.2. The fraction of sp³-hybridized carbons (Fsp3) is 0.960. The summed E-state index contributed by atoms with van der Waals surface area (Å²) in [5.74, 6) is 4.02. The lowest BCUT2D eigenvalue weighted by molar-refractivity contribution is -0.171. The summed E-state index contributed by atoms with van der Waals surface area (Å²) in [5.41, 5.74) is 0.426. The molecule has 4 saturated carbocycles. The smallest absolute Gasteiger partial charge is 0.303 e. The zero-order valence-electron chi connectivity index (χ0n) is 18.5. The third-order valence-electron chi connectivity index (χ3n) is 10.6. The lowest BCUT2D eigenvalue weighted by Crippen LogP contribution is -2.58. The molecule has 2 N–H and O–H groups in total. The number of rotatable bonds is 4. The van der Waals surface area contributed by atoms with Gasteiger partial charge in [-0.3, -0.25) is 4.79 Å². The van der Waals surface area contributed by atoms with E-state index in [1.54, 1.807) is 0 Å². The van der Waals surface area contributed by atoms with Crippen molar-refractivity contribution in [2.45, 2.75) is 98.0 Å². The Morgan fingerprint density at radius 3 is 2.54 bits per heavy atom.